The molecule has 1 heterocycles. The molecule has 0 saturated carbocycles. The van der Waals surface area contributed by atoms with Crippen molar-refractivity contribution in [3.05, 3.63) is 29.8 Å². The molecule has 0 unspecified atom stereocenters. The van der Waals surface area contributed by atoms with E-state index in [1.807, 2.05) is 43.3 Å². The van der Waals surface area contributed by atoms with Crippen LogP contribution in [-0.2, 0) is 9.53 Å². The van der Waals surface area contributed by atoms with Crippen molar-refractivity contribution in [2.24, 2.45) is 0 Å². The molecule has 1 aliphatic heterocycles. The molecule has 4 heteroatoms. The smallest absolute Gasteiger partial charge is 0.313 e. The second-order valence-electron chi connectivity index (χ2n) is 4.88. The highest BCUT2D eigenvalue weighted by Gasteiger charge is 2.35. The summed E-state index contributed by atoms with van der Waals surface area (Å²) in [6, 6.07) is 7.62. The van der Waals surface area contributed by atoms with Gasteiger partial charge >= 0.3 is 5.97 Å². The first-order chi connectivity index (χ1) is 8.60. The Kier molecular flexibility index (Phi) is 3.87. The summed E-state index contributed by atoms with van der Waals surface area (Å²) in [5.41, 5.74) is 1.00. The largest absolute Gasteiger partial charge is 0.497 e. The van der Waals surface area contributed by atoms with Crippen molar-refractivity contribution in [3.63, 3.8) is 0 Å². The quantitative estimate of drug-likeness (QED) is 0.761. The van der Waals surface area contributed by atoms with Crippen molar-refractivity contribution in [1.82, 2.24) is 4.90 Å². The standard InChI is InChI=1S/C14H19NO3/c1-15(2)9-12-8-13(14(16)18-12)10-4-6-11(17-3)7-5-10/h4-7,12-13H,8-9H2,1-3H3/t12-,13+/m0/s1. The van der Waals surface area contributed by atoms with Crippen LogP contribution in [-0.4, -0.2) is 44.7 Å². The zero-order chi connectivity index (χ0) is 13.1. The number of ether oxygens (including phenoxy) is 2. The van der Waals surface area contributed by atoms with Crippen LogP contribution in [0.2, 0.25) is 0 Å². The van der Waals surface area contributed by atoms with Gasteiger partial charge in [0.1, 0.15) is 11.9 Å². The monoisotopic (exact) mass is 249 g/mol. The van der Waals surface area contributed by atoms with Crippen molar-refractivity contribution in [1.29, 1.82) is 0 Å². The van der Waals surface area contributed by atoms with E-state index in [-0.39, 0.29) is 18.0 Å². The molecule has 2 atom stereocenters. The zero-order valence-electron chi connectivity index (χ0n) is 11.1. The topological polar surface area (TPSA) is 38.8 Å². The van der Waals surface area contributed by atoms with Gasteiger partial charge in [0.25, 0.3) is 0 Å². The normalized spacial score (nSPS) is 23.2. The fourth-order valence-corrected chi connectivity index (χ4v) is 2.28. The molecule has 1 fully saturated rings. The lowest BCUT2D eigenvalue weighted by atomic mass is 9.95. The van der Waals surface area contributed by atoms with E-state index in [0.29, 0.717) is 0 Å². The number of nitrogens with zero attached hydrogens (tertiary/aromatic N) is 1. The van der Waals surface area contributed by atoms with Gasteiger partial charge in [-0.25, -0.2) is 0 Å². The lowest BCUT2D eigenvalue weighted by molar-refractivity contribution is -0.142. The molecule has 18 heavy (non-hydrogen) atoms. The van der Waals surface area contributed by atoms with Crippen LogP contribution in [0.4, 0.5) is 0 Å². The van der Waals surface area contributed by atoms with Gasteiger partial charge in [0.2, 0.25) is 0 Å². The Morgan fingerprint density at radius 2 is 2.00 bits per heavy atom. The van der Waals surface area contributed by atoms with Crippen molar-refractivity contribution < 1.29 is 14.3 Å². The molecule has 4 nitrogen and oxygen atoms in total. The first-order valence-electron chi connectivity index (χ1n) is 6.09. The molecule has 0 bridgehead atoms. The number of cyclic esters (lactones) is 1. The molecule has 0 spiro atoms. The van der Waals surface area contributed by atoms with Gasteiger partial charge in [-0.05, 0) is 31.8 Å². The maximum absolute atomic E-state index is 11.8. The summed E-state index contributed by atoms with van der Waals surface area (Å²) in [5.74, 6) is 0.544. The number of benzene rings is 1. The summed E-state index contributed by atoms with van der Waals surface area (Å²) in [7, 11) is 5.59. The average molecular weight is 249 g/mol. The number of likely N-dealkylation sites (N-methyl/N-ethyl adjacent to an activating group) is 1. The van der Waals surface area contributed by atoms with Gasteiger partial charge in [0.15, 0.2) is 0 Å². The Balaban J connectivity index is 2.06. The van der Waals surface area contributed by atoms with E-state index in [1.54, 1.807) is 7.11 Å². The van der Waals surface area contributed by atoms with Crippen LogP contribution < -0.4 is 4.74 Å². The third kappa shape index (κ3) is 2.82. The molecular formula is C14H19NO3. The van der Waals surface area contributed by atoms with Crippen molar-refractivity contribution >= 4 is 5.97 Å². The number of carbonyl (C=O) groups excluding carboxylic acids is 1. The predicted octanol–water partition coefficient (Wildman–Crippen LogP) is 1.66. The number of rotatable bonds is 4. The minimum atomic E-state index is -0.138. The zero-order valence-corrected chi connectivity index (χ0v) is 11.1. The number of hydrogen-bond donors (Lipinski definition) is 0. The Hall–Kier alpha value is -1.55. The van der Waals surface area contributed by atoms with E-state index in [0.717, 1.165) is 24.3 Å². The van der Waals surface area contributed by atoms with Crippen LogP contribution in [0.5, 0.6) is 5.75 Å². The highest BCUT2D eigenvalue weighted by Crippen LogP contribution is 2.31. The SMILES string of the molecule is COc1ccc([C@H]2C[C@@H](CN(C)C)OC2=O)cc1. The van der Waals surface area contributed by atoms with E-state index in [4.69, 9.17) is 9.47 Å². The number of carbonyl (C=O) groups is 1. The summed E-state index contributed by atoms with van der Waals surface area (Å²) in [6.07, 6.45) is 0.753. The second kappa shape index (κ2) is 5.40. The fraction of sp³-hybridized carbons (Fsp3) is 0.500. The molecule has 98 valence electrons. The highest BCUT2D eigenvalue weighted by molar-refractivity contribution is 5.80. The molecule has 1 aromatic carbocycles. The van der Waals surface area contributed by atoms with Crippen molar-refractivity contribution in [3.8, 4) is 5.75 Å². The summed E-state index contributed by atoms with van der Waals surface area (Å²) in [4.78, 5) is 13.9. The molecule has 0 aromatic heterocycles. The molecule has 2 rings (SSSR count). The minimum Gasteiger partial charge on any atom is -0.497 e. The molecule has 0 radical (unpaired) electrons. The van der Waals surface area contributed by atoms with Crippen LogP contribution in [0.25, 0.3) is 0 Å². The van der Waals surface area contributed by atoms with Gasteiger partial charge in [-0.3, -0.25) is 4.79 Å². The van der Waals surface area contributed by atoms with Crippen LogP contribution >= 0.6 is 0 Å². The molecule has 1 saturated heterocycles. The van der Waals surface area contributed by atoms with E-state index in [2.05, 4.69) is 0 Å². The fourth-order valence-electron chi connectivity index (χ4n) is 2.28. The van der Waals surface area contributed by atoms with Gasteiger partial charge < -0.3 is 14.4 Å². The summed E-state index contributed by atoms with van der Waals surface area (Å²) in [5, 5.41) is 0. The Labute approximate surface area is 107 Å². The number of hydrogen-bond acceptors (Lipinski definition) is 4. The maximum atomic E-state index is 11.8. The average Bonchev–Trinajstić information content (AvgIpc) is 2.69. The van der Waals surface area contributed by atoms with E-state index < -0.39 is 0 Å². The Bertz CT molecular complexity index is 414. The van der Waals surface area contributed by atoms with Gasteiger partial charge in [0.05, 0.1) is 13.0 Å². The second-order valence-corrected chi connectivity index (χ2v) is 4.88. The third-order valence-corrected chi connectivity index (χ3v) is 3.15. The first-order valence-corrected chi connectivity index (χ1v) is 6.09. The van der Waals surface area contributed by atoms with Gasteiger partial charge in [0, 0.05) is 13.0 Å². The summed E-state index contributed by atoms with van der Waals surface area (Å²) in [6.45, 7) is 0.776. The highest BCUT2D eigenvalue weighted by atomic mass is 16.6. The molecule has 1 aromatic rings. The van der Waals surface area contributed by atoms with E-state index in [1.165, 1.54) is 0 Å². The van der Waals surface area contributed by atoms with Crippen LogP contribution in [0.1, 0.15) is 17.9 Å². The van der Waals surface area contributed by atoms with E-state index in [9.17, 15) is 4.79 Å². The number of esters is 1. The van der Waals surface area contributed by atoms with Gasteiger partial charge in [-0.15, -0.1) is 0 Å². The molecular weight excluding hydrogens is 230 g/mol. The first kappa shape index (κ1) is 12.9. The molecule has 1 aliphatic rings. The van der Waals surface area contributed by atoms with Gasteiger partial charge in [-0.2, -0.15) is 0 Å². The summed E-state index contributed by atoms with van der Waals surface area (Å²) < 4.78 is 10.5. The Morgan fingerprint density at radius 3 is 2.56 bits per heavy atom. The van der Waals surface area contributed by atoms with Crippen LogP contribution in [0, 0.1) is 0 Å². The van der Waals surface area contributed by atoms with Crippen LogP contribution in [0.15, 0.2) is 24.3 Å². The van der Waals surface area contributed by atoms with E-state index >= 15 is 0 Å². The van der Waals surface area contributed by atoms with Crippen LogP contribution in [0.3, 0.4) is 0 Å². The summed E-state index contributed by atoms with van der Waals surface area (Å²) >= 11 is 0. The molecule has 0 N–H and O–H groups in total. The van der Waals surface area contributed by atoms with Crippen molar-refractivity contribution in [2.45, 2.75) is 18.4 Å². The molecule has 0 amide bonds. The van der Waals surface area contributed by atoms with Crippen molar-refractivity contribution in [2.75, 3.05) is 27.7 Å². The Morgan fingerprint density at radius 1 is 1.33 bits per heavy atom. The minimum absolute atomic E-state index is 0.000369. The molecule has 0 aliphatic carbocycles. The number of methoxy groups -OCH3 is 1. The maximum Gasteiger partial charge on any atom is 0.313 e. The lowest BCUT2D eigenvalue weighted by Crippen LogP contribution is -2.25. The van der Waals surface area contributed by atoms with Gasteiger partial charge in [-0.1, -0.05) is 12.1 Å². The third-order valence-electron chi connectivity index (χ3n) is 3.15. The lowest BCUT2D eigenvalue weighted by Gasteiger charge is -2.14. The predicted molar refractivity (Wildman–Crippen MR) is 68.8 cm³/mol.